The molecule has 2 aromatic carbocycles. The normalized spacial score (nSPS) is 13.5. The molecule has 134 valence electrons. The predicted octanol–water partition coefficient (Wildman–Crippen LogP) is 5.19. The van der Waals surface area contributed by atoms with Crippen LogP contribution in [0.2, 0.25) is 0 Å². The van der Waals surface area contributed by atoms with Crippen LogP contribution in [0.15, 0.2) is 60.2 Å². The average molecular weight is 373 g/mol. The van der Waals surface area contributed by atoms with E-state index in [0.717, 1.165) is 40.3 Å². The van der Waals surface area contributed by atoms with Crippen molar-refractivity contribution < 1.29 is 4.79 Å². The van der Waals surface area contributed by atoms with Crippen LogP contribution in [0.3, 0.4) is 0 Å². The maximum absolute atomic E-state index is 12.6. The van der Waals surface area contributed by atoms with Gasteiger partial charge in [-0.15, -0.1) is 11.3 Å². The predicted molar refractivity (Wildman–Crippen MR) is 110 cm³/mol. The van der Waals surface area contributed by atoms with Gasteiger partial charge in [-0.1, -0.05) is 18.2 Å². The highest BCUT2D eigenvalue weighted by Crippen LogP contribution is 2.25. The summed E-state index contributed by atoms with van der Waals surface area (Å²) in [6.07, 6.45) is 8.69. The monoisotopic (exact) mass is 373 g/mol. The van der Waals surface area contributed by atoms with Crippen molar-refractivity contribution in [2.75, 3.05) is 5.32 Å². The minimum absolute atomic E-state index is 0.0568. The van der Waals surface area contributed by atoms with Gasteiger partial charge < -0.3 is 5.32 Å². The van der Waals surface area contributed by atoms with Gasteiger partial charge in [0.05, 0.1) is 5.69 Å². The van der Waals surface area contributed by atoms with E-state index in [1.807, 2.05) is 52.5 Å². The number of hydrogen-bond acceptors (Lipinski definition) is 3. The lowest BCUT2D eigenvalue weighted by Crippen LogP contribution is -2.13. The van der Waals surface area contributed by atoms with Gasteiger partial charge in [-0.25, -0.2) is 4.98 Å². The Kier molecular flexibility index (Phi) is 4.02. The maximum Gasteiger partial charge on any atom is 0.255 e. The summed E-state index contributed by atoms with van der Waals surface area (Å²) in [7, 11) is 0. The molecule has 0 bridgehead atoms. The zero-order chi connectivity index (χ0) is 18.2. The third-order valence-electron chi connectivity index (χ3n) is 5.14. The Balaban J connectivity index is 1.33. The number of imidazole rings is 1. The first kappa shape index (κ1) is 16.3. The van der Waals surface area contributed by atoms with Crippen molar-refractivity contribution in [1.29, 1.82) is 0 Å². The standard InChI is InChI=1S/C22H19N3OS/c26-21(18-6-5-15-3-1-2-4-17(15)13-18)23-19-9-7-16(8-10-19)20-14-25-11-12-27-22(25)24-20/h5-14H,1-4H2,(H,23,26). The van der Waals surface area contributed by atoms with Crippen LogP contribution in [0.5, 0.6) is 0 Å². The number of hydrogen-bond donors (Lipinski definition) is 1. The molecule has 0 saturated carbocycles. The van der Waals surface area contributed by atoms with Gasteiger partial charge in [-0.2, -0.15) is 0 Å². The van der Waals surface area contributed by atoms with E-state index >= 15 is 0 Å². The Labute approximate surface area is 161 Å². The van der Waals surface area contributed by atoms with Crippen LogP contribution in [0.4, 0.5) is 5.69 Å². The van der Waals surface area contributed by atoms with Gasteiger partial charge in [0.25, 0.3) is 5.91 Å². The number of rotatable bonds is 3. The number of carbonyl (C=O) groups is 1. The van der Waals surface area contributed by atoms with Gasteiger partial charge in [0.2, 0.25) is 0 Å². The summed E-state index contributed by atoms with van der Waals surface area (Å²) >= 11 is 1.62. The number of aromatic nitrogens is 2. The van der Waals surface area contributed by atoms with Crippen LogP contribution >= 0.6 is 11.3 Å². The lowest BCUT2D eigenvalue weighted by Gasteiger charge is -2.16. The summed E-state index contributed by atoms with van der Waals surface area (Å²) in [6.45, 7) is 0. The Morgan fingerprint density at radius 1 is 1.04 bits per heavy atom. The molecule has 0 spiro atoms. The smallest absolute Gasteiger partial charge is 0.255 e. The first-order valence-corrected chi connectivity index (χ1v) is 10.1. The number of amides is 1. The zero-order valence-corrected chi connectivity index (χ0v) is 15.6. The topological polar surface area (TPSA) is 46.4 Å². The highest BCUT2D eigenvalue weighted by atomic mass is 32.1. The second-order valence-corrected chi connectivity index (χ2v) is 7.81. The van der Waals surface area contributed by atoms with E-state index in [4.69, 9.17) is 0 Å². The molecule has 4 aromatic rings. The highest BCUT2D eigenvalue weighted by molar-refractivity contribution is 7.15. The van der Waals surface area contributed by atoms with E-state index in [0.29, 0.717) is 0 Å². The molecule has 27 heavy (non-hydrogen) atoms. The Bertz CT molecular complexity index is 1100. The van der Waals surface area contributed by atoms with Crippen LogP contribution in [-0.2, 0) is 12.8 Å². The van der Waals surface area contributed by atoms with Gasteiger partial charge in [-0.05, 0) is 61.1 Å². The largest absolute Gasteiger partial charge is 0.322 e. The van der Waals surface area contributed by atoms with E-state index < -0.39 is 0 Å². The van der Waals surface area contributed by atoms with Gasteiger partial charge in [0.15, 0.2) is 4.96 Å². The van der Waals surface area contributed by atoms with Crippen LogP contribution < -0.4 is 5.32 Å². The summed E-state index contributed by atoms with van der Waals surface area (Å²) in [5.41, 5.74) is 6.22. The first-order valence-electron chi connectivity index (χ1n) is 9.22. The Morgan fingerprint density at radius 3 is 2.67 bits per heavy atom. The molecule has 2 aromatic heterocycles. The van der Waals surface area contributed by atoms with Crippen molar-refractivity contribution in [3.63, 3.8) is 0 Å². The molecule has 1 amide bonds. The minimum Gasteiger partial charge on any atom is -0.322 e. The van der Waals surface area contributed by atoms with Crippen molar-refractivity contribution in [3.05, 3.63) is 76.9 Å². The minimum atomic E-state index is -0.0568. The molecular weight excluding hydrogens is 354 g/mol. The molecule has 4 nitrogen and oxygen atoms in total. The number of thiazole rings is 1. The Morgan fingerprint density at radius 2 is 1.85 bits per heavy atom. The van der Waals surface area contributed by atoms with Crippen LogP contribution in [0.25, 0.3) is 16.2 Å². The number of anilines is 1. The van der Waals surface area contributed by atoms with E-state index in [1.165, 1.54) is 24.0 Å². The van der Waals surface area contributed by atoms with Crippen LogP contribution in [0, 0.1) is 0 Å². The third-order valence-corrected chi connectivity index (χ3v) is 5.91. The maximum atomic E-state index is 12.6. The van der Waals surface area contributed by atoms with E-state index in [-0.39, 0.29) is 5.91 Å². The number of aryl methyl sites for hydroxylation is 2. The summed E-state index contributed by atoms with van der Waals surface area (Å²) in [4.78, 5) is 18.2. The number of nitrogens with one attached hydrogen (secondary N) is 1. The molecule has 0 radical (unpaired) electrons. The van der Waals surface area contributed by atoms with Crippen molar-refractivity contribution in [2.45, 2.75) is 25.7 Å². The van der Waals surface area contributed by atoms with Crippen LogP contribution in [0.1, 0.15) is 34.3 Å². The molecule has 1 aliphatic carbocycles. The van der Waals surface area contributed by atoms with Crippen molar-refractivity contribution in [1.82, 2.24) is 9.38 Å². The second kappa shape index (κ2) is 6.67. The quantitative estimate of drug-likeness (QED) is 0.537. The van der Waals surface area contributed by atoms with Gasteiger partial charge >= 0.3 is 0 Å². The summed E-state index contributed by atoms with van der Waals surface area (Å²) in [5.74, 6) is -0.0568. The molecule has 2 heterocycles. The van der Waals surface area contributed by atoms with Gasteiger partial charge in [0, 0.05) is 34.6 Å². The molecule has 5 rings (SSSR count). The average Bonchev–Trinajstić information content (AvgIpc) is 3.30. The fourth-order valence-corrected chi connectivity index (χ4v) is 4.37. The summed E-state index contributed by atoms with van der Waals surface area (Å²) in [6, 6.07) is 13.9. The summed E-state index contributed by atoms with van der Waals surface area (Å²) < 4.78 is 2.02. The lowest BCUT2D eigenvalue weighted by atomic mass is 9.90. The third kappa shape index (κ3) is 3.15. The number of nitrogens with zero attached hydrogens (tertiary/aromatic N) is 2. The number of fused-ring (bicyclic) bond motifs is 2. The zero-order valence-electron chi connectivity index (χ0n) is 14.8. The Hall–Kier alpha value is -2.92. The summed E-state index contributed by atoms with van der Waals surface area (Å²) in [5, 5.41) is 5.02. The van der Waals surface area contributed by atoms with Crippen molar-refractivity contribution in [2.24, 2.45) is 0 Å². The molecule has 1 aliphatic rings. The molecule has 0 saturated heterocycles. The van der Waals surface area contributed by atoms with Crippen molar-refractivity contribution in [3.8, 4) is 11.3 Å². The molecule has 1 N–H and O–H groups in total. The van der Waals surface area contributed by atoms with Crippen molar-refractivity contribution >= 4 is 27.9 Å². The fraction of sp³-hybridized carbons (Fsp3) is 0.182. The molecule has 0 unspecified atom stereocenters. The van der Waals surface area contributed by atoms with E-state index in [2.05, 4.69) is 22.4 Å². The SMILES string of the molecule is O=C(Nc1ccc(-c2cn3ccsc3n2)cc1)c1ccc2c(c1)CCCC2. The first-order chi connectivity index (χ1) is 13.3. The number of carbonyl (C=O) groups excluding carboxylic acids is 1. The lowest BCUT2D eigenvalue weighted by molar-refractivity contribution is 0.102. The second-order valence-electron chi connectivity index (χ2n) is 6.94. The van der Waals surface area contributed by atoms with E-state index in [9.17, 15) is 4.79 Å². The van der Waals surface area contributed by atoms with Crippen LogP contribution in [-0.4, -0.2) is 15.3 Å². The number of benzene rings is 2. The molecular formula is C22H19N3OS. The van der Waals surface area contributed by atoms with Gasteiger partial charge in [0.1, 0.15) is 0 Å². The molecule has 0 atom stereocenters. The molecule has 5 heteroatoms. The molecule has 0 fully saturated rings. The van der Waals surface area contributed by atoms with E-state index in [1.54, 1.807) is 11.3 Å². The highest BCUT2D eigenvalue weighted by Gasteiger charge is 2.13. The molecule has 0 aliphatic heterocycles. The van der Waals surface area contributed by atoms with Gasteiger partial charge in [-0.3, -0.25) is 9.20 Å². The fourth-order valence-electron chi connectivity index (χ4n) is 3.67.